The summed E-state index contributed by atoms with van der Waals surface area (Å²) in [6, 6.07) is 7.59. The quantitative estimate of drug-likeness (QED) is 0.519. The van der Waals surface area contributed by atoms with Crippen LogP contribution in [0, 0.1) is 6.92 Å². The maximum atomic E-state index is 12.0. The summed E-state index contributed by atoms with van der Waals surface area (Å²) >= 11 is 1.60. The van der Waals surface area contributed by atoms with Gasteiger partial charge in [0.15, 0.2) is 0 Å². The molecule has 1 aromatic carbocycles. The number of hydrogen-bond acceptors (Lipinski definition) is 5. The first kappa shape index (κ1) is 20.1. The largest absolute Gasteiger partial charge is 0.487 e. The highest BCUT2D eigenvalue weighted by Gasteiger charge is 2.18. The van der Waals surface area contributed by atoms with Crippen LogP contribution in [0.2, 0.25) is 0 Å². The van der Waals surface area contributed by atoms with Crippen LogP contribution in [0.4, 0.5) is 0 Å². The van der Waals surface area contributed by atoms with Crippen molar-refractivity contribution >= 4 is 29.2 Å². The second-order valence-corrected chi connectivity index (χ2v) is 7.74. The summed E-state index contributed by atoms with van der Waals surface area (Å²) in [6.45, 7) is 4.51. The number of benzene rings is 1. The maximum absolute atomic E-state index is 12.0. The Morgan fingerprint density at radius 3 is 3.07 bits per heavy atom. The van der Waals surface area contributed by atoms with Gasteiger partial charge in [-0.25, -0.2) is 4.98 Å². The summed E-state index contributed by atoms with van der Waals surface area (Å²) in [5.74, 6) is 0.818. The monoisotopic (exact) mass is 399 g/mol. The first-order valence-electron chi connectivity index (χ1n) is 9.48. The van der Waals surface area contributed by atoms with Gasteiger partial charge in [0.2, 0.25) is 11.8 Å². The van der Waals surface area contributed by atoms with Crippen LogP contribution in [-0.2, 0) is 16.2 Å². The molecule has 1 aliphatic heterocycles. The number of ether oxygens (including phenoxy) is 1. The minimum Gasteiger partial charge on any atom is -0.487 e. The van der Waals surface area contributed by atoms with E-state index in [-0.39, 0.29) is 11.8 Å². The molecule has 1 aliphatic rings. The Morgan fingerprint density at radius 2 is 2.32 bits per heavy atom. The molecule has 0 bridgehead atoms. The molecule has 2 amide bonds. The van der Waals surface area contributed by atoms with Gasteiger partial charge < -0.3 is 15.0 Å². The maximum Gasteiger partial charge on any atom is 0.244 e. The summed E-state index contributed by atoms with van der Waals surface area (Å²) in [5.41, 5.74) is 1.81. The zero-order valence-corrected chi connectivity index (χ0v) is 16.8. The van der Waals surface area contributed by atoms with Crippen molar-refractivity contribution in [1.29, 1.82) is 0 Å². The third kappa shape index (κ3) is 6.20. The van der Waals surface area contributed by atoms with Crippen molar-refractivity contribution < 1.29 is 14.3 Å². The van der Waals surface area contributed by atoms with Crippen molar-refractivity contribution in [2.45, 2.75) is 32.8 Å². The zero-order valence-electron chi connectivity index (χ0n) is 16.0. The van der Waals surface area contributed by atoms with Gasteiger partial charge in [-0.05, 0) is 43.5 Å². The molecule has 3 rings (SSSR count). The SMILES string of the molecule is Cc1nc(COc2cccc(/C=C/C(=O)NCCCN3CCCC3=O)c2)cs1. The Balaban J connectivity index is 1.40. The number of aryl methyl sites for hydroxylation is 1. The van der Waals surface area contributed by atoms with E-state index in [1.165, 1.54) is 6.08 Å². The molecule has 1 aromatic heterocycles. The highest BCUT2D eigenvalue weighted by Crippen LogP contribution is 2.17. The number of hydrogen-bond donors (Lipinski definition) is 1. The van der Waals surface area contributed by atoms with Gasteiger partial charge in [0, 0.05) is 37.5 Å². The molecular weight excluding hydrogens is 374 g/mol. The lowest BCUT2D eigenvalue weighted by molar-refractivity contribution is -0.127. The van der Waals surface area contributed by atoms with Gasteiger partial charge in [-0.3, -0.25) is 9.59 Å². The summed E-state index contributed by atoms with van der Waals surface area (Å²) in [5, 5.41) is 5.86. The highest BCUT2D eigenvalue weighted by molar-refractivity contribution is 7.09. The Bertz CT molecular complexity index is 847. The van der Waals surface area contributed by atoms with Gasteiger partial charge in [0.05, 0.1) is 10.7 Å². The van der Waals surface area contributed by atoms with Crippen molar-refractivity contribution in [3.63, 3.8) is 0 Å². The van der Waals surface area contributed by atoms with Crippen molar-refractivity contribution in [2.75, 3.05) is 19.6 Å². The third-order valence-electron chi connectivity index (χ3n) is 4.41. The van der Waals surface area contributed by atoms with E-state index >= 15 is 0 Å². The number of aromatic nitrogens is 1. The lowest BCUT2D eigenvalue weighted by Gasteiger charge is -2.14. The van der Waals surface area contributed by atoms with E-state index in [4.69, 9.17) is 4.74 Å². The van der Waals surface area contributed by atoms with Crippen LogP contribution in [0.1, 0.15) is 35.5 Å². The normalized spacial score (nSPS) is 14.0. The molecule has 0 saturated carbocycles. The van der Waals surface area contributed by atoms with E-state index in [0.717, 1.165) is 41.4 Å². The number of nitrogens with one attached hydrogen (secondary N) is 1. The number of thiazole rings is 1. The van der Waals surface area contributed by atoms with Crippen LogP contribution in [0.15, 0.2) is 35.7 Å². The highest BCUT2D eigenvalue weighted by atomic mass is 32.1. The second-order valence-electron chi connectivity index (χ2n) is 6.68. The Morgan fingerprint density at radius 1 is 1.43 bits per heavy atom. The van der Waals surface area contributed by atoms with Gasteiger partial charge in [-0.2, -0.15) is 0 Å². The summed E-state index contributed by atoms with van der Waals surface area (Å²) in [7, 11) is 0. The van der Waals surface area contributed by atoms with Crippen LogP contribution >= 0.6 is 11.3 Å². The van der Waals surface area contributed by atoms with Crippen molar-refractivity contribution in [2.24, 2.45) is 0 Å². The number of carbonyl (C=O) groups excluding carboxylic acids is 2. The molecule has 1 fully saturated rings. The number of rotatable bonds is 9. The summed E-state index contributed by atoms with van der Waals surface area (Å²) in [4.78, 5) is 29.7. The van der Waals surface area contributed by atoms with E-state index in [2.05, 4.69) is 10.3 Å². The van der Waals surface area contributed by atoms with Crippen LogP contribution in [0.5, 0.6) is 5.75 Å². The number of nitrogens with zero attached hydrogens (tertiary/aromatic N) is 2. The Hall–Kier alpha value is -2.67. The molecule has 0 radical (unpaired) electrons. The molecule has 0 aliphatic carbocycles. The van der Waals surface area contributed by atoms with Gasteiger partial charge >= 0.3 is 0 Å². The summed E-state index contributed by atoms with van der Waals surface area (Å²) < 4.78 is 5.77. The average Bonchev–Trinajstić information content (AvgIpc) is 3.30. The molecule has 0 spiro atoms. The standard InChI is InChI=1S/C21H25N3O3S/c1-16-23-18(15-28-16)14-27-19-6-2-5-17(13-19)8-9-20(25)22-10-4-12-24-11-3-7-21(24)26/h2,5-6,8-9,13,15H,3-4,7,10-12,14H2,1H3,(H,22,25)/b9-8+. The van der Waals surface area contributed by atoms with Crippen LogP contribution in [0.25, 0.3) is 6.08 Å². The van der Waals surface area contributed by atoms with Crippen LogP contribution < -0.4 is 10.1 Å². The minimum atomic E-state index is -0.142. The predicted molar refractivity (Wildman–Crippen MR) is 110 cm³/mol. The van der Waals surface area contributed by atoms with Gasteiger partial charge in [-0.15, -0.1) is 11.3 Å². The topological polar surface area (TPSA) is 71.5 Å². The fourth-order valence-corrected chi connectivity index (χ4v) is 3.59. The van der Waals surface area contributed by atoms with Gasteiger partial charge in [0.1, 0.15) is 12.4 Å². The second kappa shape index (κ2) is 10.0. The molecule has 2 heterocycles. The van der Waals surface area contributed by atoms with Gasteiger partial charge in [0.25, 0.3) is 0 Å². The first-order chi connectivity index (χ1) is 13.6. The molecule has 1 saturated heterocycles. The molecule has 7 heteroatoms. The van der Waals surface area contributed by atoms with Crippen molar-refractivity contribution in [1.82, 2.24) is 15.2 Å². The first-order valence-corrected chi connectivity index (χ1v) is 10.4. The average molecular weight is 400 g/mol. The van der Waals surface area contributed by atoms with Crippen molar-refractivity contribution in [3.8, 4) is 5.75 Å². The number of amides is 2. The molecule has 0 unspecified atom stereocenters. The van der Waals surface area contributed by atoms with Crippen LogP contribution in [-0.4, -0.2) is 41.3 Å². The fraction of sp³-hybridized carbons (Fsp3) is 0.381. The summed E-state index contributed by atoms with van der Waals surface area (Å²) in [6.07, 6.45) is 5.65. The Kier molecular flexibility index (Phi) is 7.19. The predicted octanol–water partition coefficient (Wildman–Crippen LogP) is 3.17. The molecule has 0 atom stereocenters. The lowest BCUT2D eigenvalue weighted by atomic mass is 10.2. The van der Waals surface area contributed by atoms with Gasteiger partial charge in [-0.1, -0.05) is 12.1 Å². The Labute approximate surface area is 169 Å². The number of likely N-dealkylation sites (tertiary alicyclic amines) is 1. The van der Waals surface area contributed by atoms with E-state index in [9.17, 15) is 9.59 Å². The molecule has 2 aromatic rings. The number of carbonyl (C=O) groups is 2. The lowest BCUT2D eigenvalue weighted by Crippen LogP contribution is -2.29. The minimum absolute atomic E-state index is 0.142. The van der Waals surface area contributed by atoms with E-state index < -0.39 is 0 Å². The van der Waals surface area contributed by atoms with Crippen LogP contribution in [0.3, 0.4) is 0 Å². The molecular formula is C21H25N3O3S. The zero-order chi connectivity index (χ0) is 19.8. The van der Waals surface area contributed by atoms with E-state index in [1.807, 2.05) is 41.5 Å². The molecule has 148 valence electrons. The van der Waals surface area contributed by atoms with Crippen molar-refractivity contribution in [3.05, 3.63) is 52.0 Å². The van der Waals surface area contributed by atoms with E-state index in [1.54, 1.807) is 17.4 Å². The fourth-order valence-electron chi connectivity index (χ4n) is 2.99. The molecule has 6 nitrogen and oxygen atoms in total. The smallest absolute Gasteiger partial charge is 0.244 e. The molecule has 1 N–H and O–H groups in total. The van der Waals surface area contributed by atoms with E-state index in [0.29, 0.717) is 26.1 Å². The third-order valence-corrected chi connectivity index (χ3v) is 5.24. The molecule has 28 heavy (non-hydrogen) atoms.